The van der Waals surface area contributed by atoms with Crippen molar-refractivity contribution in [2.75, 3.05) is 13.1 Å². The lowest BCUT2D eigenvalue weighted by molar-refractivity contribution is -0.145. The highest BCUT2D eigenvalue weighted by Crippen LogP contribution is 2.30. The lowest BCUT2D eigenvalue weighted by atomic mass is 9.88. The van der Waals surface area contributed by atoms with E-state index in [-0.39, 0.29) is 6.04 Å². The lowest BCUT2D eigenvalue weighted by Crippen LogP contribution is -2.48. The van der Waals surface area contributed by atoms with Crippen LogP contribution in [0.5, 0.6) is 0 Å². The lowest BCUT2D eigenvalue weighted by Gasteiger charge is -2.38. The molecule has 0 aromatic carbocycles. The van der Waals surface area contributed by atoms with Gasteiger partial charge >= 0.3 is 5.97 Å². The molecule has 1 saturated heterocycles. The van der Waals surface area contributed by atoms with Crippen LogP contribution in [0.4, 0.5) is 0 Å². The standard InChI is InChI=1S/C14H25NO2/c1-2-11-7-8-15(13(9-11)14(16)17)10-12-5-3-4-6-12/h11-13H,2-10H2,1H3,(H,16,17). The number of aliphatic carboxylic acids is 1. The van der Waals surface area contributed by atoms with Crippen molar-refractivity contribution in [3.8, 4) is 0 Å². The van der Waals surface area contributed by atoms with Gasteiger partial charge in [-0.15, -0.1) is 0 Å². The summed E-state index contributed by atoms with van der Waals surface area (Å²) in [6, 6.07) is -0.214. The average molecular weight is 239 g/mol. The van der Waals surface area contributed by atoms with E-state index in [2.05, 4.69) is 11.8 Å². The van der Waals surface area contributed by atoms with Crippen molar-refractivity contribution in [2.45, 2.75) is 57.9 Å². The monoisotopic (exact) mass is 239 g/mol. The maximum absolute atomic E-state index is 11.4. The molecule has 0 amide bonds. The van der Waals surface area contributed by atoms with Gasteiger partial charge in [-0.2, -0.15) is 0 Å². The number of carboxylic acids is 1. The minimum atomic E-state index is -0.610. The summed E-state index contributed by atoms with van der Waals surface area (Å²) in [7, 11) is 0. The predicted octanol–water partition coefficient (Wildman–Crippen LogP) is 2.75. The SMILES string of the molecule is CCC1CCN(CC2CCCC2)C(C(=O)O)C1. The summed E-state index contributed by atoms with van der Waals surface area (Å²) in [6.07, 6.45) is 8.47. The minimum absolute atomic E-state index is 0.214. The van der Waals surface area contributed by atoms with E-state index >= 15 is 0 Å². The Morgan fingerprint density at radius 1 is 1.24 bits per heavy atom. The van der Waals surface area contributed by atoms with Gasteiger partial charge in [0.25, 0.3) is 0 Å². The summed E-state index contributed by atoms with van der Waals surface area (Å²) in [5, 5.41) is 9.35. The van der Waals surface area contributed by atoms with E-state index in [1.165, 1.54) is 32.1 Å². The Labute approximate surface area is 104 Å². The molecule has 1 saturated carbocycles. The van der Waals surface area contributed by atoms with Crippen molar-refractivity contribution < 1.29 is 9.90 Å². The molecule has 3 heteroatoms. The van der Waals surface area contributed by atoms with Gasteiger partial charge in [0.15, 0.2) is 0 Å². The number of hydrogen-bond donors (Lipinski definition) is 1. The summed E-state index contributed by atoms with van der Waals surface area (Å²) < 4.78 is 0. The zero-order valence-corrected chi connectivity index (χ0v) is 10.9. The van der Waals surface area contributed by atoms with Crippen LogP contribution in [0.2, 0.25) is 0 Å². The van der Waals surface area contributed by atoms with Crippen molar-refractivity contribution >= 4 is 5.97 Å². The molecule has 2 unspecified atom stereocenters. The molecule has 2 rings (SSSR count). The molecule has 98 valence electrons. The molecule has 17 heavy (non-hydrogen) atoms. The highest BCUT2D eigenvalue weighted by molar-refractivity contribution is 5.73. The van der Waals surface area contributed by atoms with Crippen LogP contribution < -0.4 is 0 Å². The molecular formula is C14H25NO2. The maximum atomic E-state index is 11.4. The van der Waals surface area contributed by atoms with Crippen LogP contribution in [0, 0.1) is 11.8 Å². The normalized spacial score (nSPS) is 31.8. The van der Waals surface area contributed by atoms with Crippen molar-refractivity contribution in [3.05, 3.63) is 0 Å². The molecule has 0 aromatic rings. The van der Waals surface area contributed by atoms with Gasteiger partial charge in [-0.1, -0.05) is 26.2 Å². The highest BCUT2D eigenvalue weighted by Gasteiger charge is 2.34. The van der Waals surface area contributed by atoms with Gasteiger partial charge in [-0.25, -0.2) is 0 Å². The van der Waals surface area contributed by atoms with Gasteiger partial charge in [0.2, 0.25) is 0 Å². The zero-order chi connectivity index (χ0) is 12.3. The summed E-state index contributed by atoms with van der Waals surface area (Å²) in [6.45, 7) is 4.19. The zero-order valence-electron chi connectivity index (χ0n) is 10.9. The van der Waals surface area contributed by atoms with Crippen LogP contribution in [0.3, 0.4) is 0 Å². The molecule has 0 spiro atoms. The van der Waals surface area contributed by atoms with E-state index in [9.17, 15) is 9.90 Å². The van der Waals surface area contributed by atoms with Crippen molar-refractivity contribution in [1.82, 2.24) is 4.90 Å². The summed E-state index contributed by atoms with van der Waals surface area (Å²) in [5.41, 5.74) is 0. The summed E-state index contributed by atoms with van der Waals surface area (Å²) in [4.78, 5) is 13.6. The molecule has 2 fully saturated rings. The van der Waals surface area contributed by atoms with Gasteiger partial charge < -0.3 is 5.11 Å². The summed E-state index contributed by atoms with van der Waals surface area (Å²) in [5.74, 6) is 0.770. The van der Waals surface area contributed by atoms with Crippen LogP contribution in [0.1, 0.15) is 51.9 Å². The minimum Gasteiger partial charge on any atom is -0.480 e. The Balaban J connectivity index is 1.92. The van der Waals surface area contributed by atoms with E-state index in [0.717, 1.165) is 31.8 Å². The third kappa shape index (κ3) is 3.21. The Bertz CT molecular complexity index is 261. The first-order chi connectivity index (χ1) is 8.20. The first kappa shape index (κ1) is 12.9. The summed E-state index contributed by atoms with van der Waals surface area (Å²) >= 11 is 0. The topological polar surface area (TPSA) is 40.5 Å². The molecule has 1 N–H and O–H groups in total. The van der Waals surface area contributed by atoms with E-state index in [1.807, 2.05) is 0 Å². The van der Waals surface area contributed by atoms with E-state index in [0.29, 0.717) is 5.92 Å². The van der Waals surface area contributed by atoms with E-state index in [1.54, 1.807) is 0 Å². The second-order valence-electron chi connectivity index (χ2n) is 5.80. The van der Waals surface area contributed by atoms with Crippen LogP contribution in [0.15, 0.2) is 0 Å². The van der Waals surface area contributed by atoms with Gasteiger partial charge in [-0.3, -0.25) is 9.69 Å². The van der Waals surface area contributed by atoms with E-state index in [4.69, 9.17) is 0 Å². The van der Waals surface area contributed by atoms with Crippen LogP contribution in [-0.4, -0.2) is 35.1 Å². The fourth-order valence-corrected chi connectivity index (χ4v) is 3.46. The molecular weight excluding hydrogens is 214 g/mol. The number of piperidine rings is 1. The Morgan fingerprint density at radius 2 is 1.94 bits per heavy atom. The Morgan fingerprint density at radius 3 is 2.53 bits per heavy atom. The predicted molar refractivity (Wildman–Crippen MR) is 68.0 cm³/mol. The average Bonchev–Trinajstić information content (AvgIpc) is 2.82. The molecule has 2 aliphatic rings. The molecule has 0 aromatic heterocycles. The smallest absolute Gasteiger partial charge is 0.320 e. The van der Waals surface area contributed by atoms with Crippen LogP contribution >= 0.6 is 0 Å². The first-order valence-electron chi connectivity index (χ1n) is 7.17. The number of nitrogens with zero attached hydrogens (tertiary/aromatic N) is 1. The third-order valence-corrected chi connectivity index (χ3v) is 4.65. The third-order valence-electron chi connectivity index (χ3n) is 4.65. The second kappa shape index (κ2) is 5.85. The molecule has 0 bridgehead atoms. The quantitative estimate of drug-likeness (QED) is 0.820. The van der Waals surface area contributed by atoms with Crippen molar-refractivity contribution in [1.29, 1.82) is 0 Å². The van der Waals surface area contributed by atoms with Crippen molar-refractivity contribution in [3.63, 3.8) is 0 Å². The molecule has 0 radical (unpaired) electrons. The van der Waals surface area contributed by atoms with E-state index < -0.39 is 5.97 Å². The van der Waals surface area contributed by atoms with Gasteiger partial charge in [0.05, 0.1) is 0 Å². The van der Waals surface area contributed by atoms with Gasteiger partial charge in [-0.05, 0) is 44.1 Å². The number of hydrogen-bond acceptors (Lipinski definition) is 2. The largest absolute Gasteiger partial charge is 0.480 e. The maximum Gasteiger partial charge on any atom is 0.320 e. The molecule has 2 atom stereocenters. The van der Waals surface area contributed by atoms with Gasteiger partial charge in [0.1, 0.15) is 6.04 Å². The fraction of sp³-hybridized carbons (Fsp3) is 0.929. The van der Waals surface area contributed by atoms with Crippen molar-refractivity contribution in [2.24, 2.45) is 11.8 Å². The number of carbonyl (C=O) groups is 1. The molecule has 1 aliphatic carbocycles. The van der Waals surface area contributed by atoms with Crippen LogP contribution in [-0.2, 0) is 4.79 Å². The Kier molecular flexibility index (Phi) is 4.43. The highest BCUT2D eigenvalue weighted by atomic mass is 16.4. The Hall–Kier alpha value is -0.570. The van der Waals surface area contributed by atoms with Gasteiger partial charge in [0, 0.05) is 6.54 Å². The van der Waals surface area contributed by atoms with Crippen LogP contribution in [0.25, 0.3) is 0 Å². The molecule has 3 nitrogen and oxygen atoms in total. The fourth-order valence-electron chi connectivity index (χ4n) is 3.46. The number of carboxylic acid groups (broad SMARTS) is 1. The number of likely N-dealkylation sites (tertiary alicyclic amines) is 1. The second-order valence-corrected chi connectivity index (χ2v) is 5.80. The molecule has 1 aliphatic heterocycles. The number of rotatable bonds is 4. The molecule has 1 heterocycles. The first-order valence-corrected chi connectivity index (χ1v) is 7.17.